The Labute approximate surface area is 174 Å². The quantitative estimate of drug-likeness (QED) is 0.648. The summed E-state index contributed by atoms with van der Waals surface area (Å²) in [6.45, 7) is 11.0. The molecule has 0 spiro atoms. The van der Waals surface area contributed by atoms with E-state index in [9.17, 15) is 4.79 Å². The molecule has 1 aliphatic heterocycles. The van der Waals surface area contributed by atoms with E-state index in [1.807, 2.05) is 45.0 Å². The minimum Gasteiger partial charge on any atom is -0.372 e. The van der Waals surface area contributed by atoms with Gasteiger partial charge in [-0.3, -0.25) is 0 Å². The number of hydrogen-bond acceptors (Lipinski definition) is 3. The van der Waals surface area contributed by atoms with Gasteiger partial charge >= 0.3 is 6.03 Å². The van der Waals surface area contributed by atoms with E-state index >= 15 is 0 Å². The van der Waals surface area contributed by atoms with E-state index in [1.54, 1.807) is 0 Å². The molecular formula is C24H34N4O. The zero-order chi connectivity index (χ0) is 20.9. The van der Waals surface area contributed by atoms with E-state index in [4.69, 9.17) is 0 Å². The van der Waals surface area contributed by atoms with Gasteiger partial charge in [0.1, 0.15) is 0 Å². The van der Waals surface area contributed by atoms with Crippen molar-refractivity contribution in [3.05, 3.63) is 54.1 Å². The van der Waals surface area contributed by atoms with Crippen LogP contribution in [0.4, 0.5) is 21.9 Å². The third-order valence-electron chi connectivity index (χ3n) is 5.20. The van der Waals surface area contributed by atoms with E-state index in [1.165, 1.54) is 18.5 Å². The highest BCUT2D eigenvalue weighted by molar-refractivity contribution is 5.74. The lowest BCUT2D eigenvalue weighted by Gasteiger charge is -2.32. The molecule has 3 N–H and O–H groups in total. The van der Waals surface area contributed by atoms with Crippen LogP contribution in [0.2, 0.25) is 0 Å². The number of benzene rings is 2. The summed E-state index contributed by atoms with van der Waals surface area (Å²) < 4.78 is 0. The van der Waals surface area contributed by atoms with E-state index in [0.717, 1.165) is 35.9 Å². The Balaban J connectivity index is 1.50. The van der Waals surface area contributed by atoms with Crippen LogP contribution < -0.4 is 20.9 Å². The second-order valence-electron chi connectivity index (χ2n) is 9.10. The molecule has 2 aromatic rings. The normalized spacial score (nSPS) is 15.1. The number of hydrogen-bond donors (Lipinski definition) is 3. The standard InChI is InChI=1S/C24H34N4O/c1-18-13-15-28(16-14-18)22-11-9-21(10-12-22)26-20-7-5-19(6-8-20)17-25-23(29)27-24(2,3)4/h5-12,18,26H,13-17H2,1-4H3,(H2,25,27,29). The fraction of sp³-hybridized carbons (Fsp3) is 0.458. The first-order valence-corrected chi connectivity index (χ1v) is 10.6. The van der Waals surface area contributed by atoms with Gasteiger partial charge in [-0.15, -0.1) is 0 Å². The van der Waals surface area contributed by atoms with Gasteiger partial charge in [0.25, 0.3) is 0 Å². The Hall–Kier alpha value is -2.69. The smallest absolute Gasteiger partial charge is 0.315 e. The molecule has 0 radical (unpaired) electrons. The third-order valence-corrected chi connectivity index (χ3v) is 5.20. The number of rotatable bonds is 5. The minimum atomic E-state index is -0.236. The van der Waals surface area contributed by atoms with Crippen molar-refractivity contribution in [1.29, 1.82) is 0 Å². The molecule has 1 aliphatic rings. The van der Waals surface area contributed by atoms with Crippen LogP contribution in [0.1, 0.15) is 46.1 Å². The largest absolute Gasteiger partial charge is 0.372 e. The maximum absolute atomic E-state index is 11.9. The number of nitrogens with one attached hydrogen (secondary N) is 3. The molecule has 0 saturated carbocycles. The van der Waals surface area contributed by atoms with Crippen LogP contribution in [0.25, 0.3) is 0 Å². The lowest BCUT2D eigenvalue weighted by molar-refractivity contribution is 0.231. The first-order chi connectivity index (χ1) is 13.8. The van der Waals surface area contributed by atoms with Crippen LogP contribution in [-0.4, -0.2) is 24.7 Å². The molecule has 2 amide bonds. The molecular weight excluding hydrogens is 360 g/mol. The van der Waals surface area contributed by atoms with Crippen molar-refractivity contribution in [2.75, 3.05) is 23.3 Å². The van der Waals surface area contributed by atoms with E-state index in [0.29, 0.717) is 6.54 Å². The van der Waals surface area contributed by atoms with E-state index in [-0.39, 0.29) is 11.6 Å². The van der Waals surface area contributed by atoms with Crippen molar-refractivity contribution >= 4 is 23.1 Å². The molecule has 0 aliphatic carbocycles. The van der Waals surface area contributed by atoms with Gasteiger partial charge < -0.3 is 20.9 Å². The number of nitrogens with zero attached hydrogens (tertiary/aromatic N) is 1. The second kappa shape index (κ2) is 9.21. The van der Waals surface area contributed by atoms with Gasteiger partial charge in [-0.25, -0.2) is 4.79 Å². The highest BCUT2D eigenvalue weighted by Crippen LogP contribution is 2.25. The van der Waals surface area contributed by atoms with Gasteiger partial charge in [-0.2, -0.15) is 0 Å². The molecule has 3 rings (SSSR count). The number of carbonyl (C=O) groups excluding carboxylic acids is 1. The van der Waals surface area contributed by atoms with Crippen molar-refractivity contribution in [3.8, 4) is 0 Å². The molecule has 29 heavy (non-hydrogen) atoms. The summed E-state index contributed by atoms with van der Waals surface area (Å²) in [4.78, 5) is 14.3. The van der Waals surface area contributed by atoms with Crippen molar-refractivity contribution in [1.82, 2.24) is 10.6 Å². The molecule has 0 aromatic heterocycles. The van der Waals surface area contributed by atoms with Gasteiger partial charge in [-0.05, 0) is 81.5 Å². The molecule has 0 bridgehead atoms. The maximum atomic E-state index is 11.9. The first-order valence-electron chi connectivity index (χ1n) is 10.6. The fourth-order valence-corrected chi connectivity index (χ4v) is 3.46. The topological polar surface area (TPSA) is 56.4 Å². The monoisotopic (exact) mass is 394 g/mol. The third kappa shape index (κ3) is 6.70. The molecule has 0 unspecified atom stereocenters. The highest BCUT2D eigenvalue weighted by Gasteiger charge is 2.16. The van der Waals surface area contributed by atoms with E-state index in [2.05, 4.69) is 52.0 Å². The summed E-state index contributed by atoms with van der Waals surface area (Å²) in [5, 5.41) is 9.23. The summed E-state index contributed by atoms with van der Waals surface area (Å²) in [5.74, 6) is 0.846. The second-order valence-corrected chi connectivity index (χ2v) is 9.10. The average molecular weight is 395 g/mol. The van der Waals surface area contributed by atoms with Crippen molar-refractivity contribution in [3.63, 3.8) is 0 Å². The fourth-order valence-electron chi connectivity index (χ4n) is 3.46. The van der Waals surface area contributed by atoms with Gasteiger partial charge in [0, 0.05) is 42.2 Å². The predicted octanol–water partition coefficient (Wildman–Crippen LogP) is 5.26. The molecule has 1 heterocycles. The van der Waals surface area contributed by atoms with Crippen LogP contribution in [0, 0.1) is 5.92 Å². The maximum Gasteiger partial charge on any atom is 0.315 e. The van der Waals surface area contributed by atoms with E-state index < -0.39 is 0 Å². The predicted molar refractivity (Wildman–Crippen MR) is 122 cm³/mol. The summed E-state index contributed by atoms with van der Waals surface area (Å²) >= 11 is 0. The van der Waals surface area contributed by atoms with Crippen LogP contribution >= 0.6 is 0 Å². The molecule has 5 nitrogen and oxygen atoms in total. The Morgan fingerprint density at radius 1 is 0.966 bits per heavy atom. The van der Waals surface area contributed by atoms with Crippen molar-refractivity contribution in [2.24, 2.45) is 5.92 Å². The van der Waals surface area contributed by atoms with Gasteiger partial charge in [-0.1, -0.05) is 19.1 Å². The Morgan fingerprint density at radius 3 is 2.07 bits per heavy atom. The summed E-state index contributed by atoms with van der Waals surface area (Å²) in [6, 6.07) is 16.7. The zero-order valence-electron chi connectivity index (χ0n) is 18.1. The molecule has 5 heteroatoms. The summed E-state index contributed by atoms with van der Waals surface area (Å²) in [5.41, 5.74) is 4.24. The number of amides is 2. The first kappa shape index (κ1) is 21.0. The lowest BCUT2D eigenvalue weighted by atomic mass is 9.99. The van der Waals surface area contributed by atoms with Crippen LogP contribution in [0.5, 0.6) is 0 Å². The number of piperidine rings is 1. The molecule has 0 atom stereocenters. The van der Waals surface area contributed by atoms with Crippen LogP contribution in [0.3, 0.4) is 0 Å². The molecule has 2 aromatic carbocycles. The molecule has 156 valence electrons. The SMILES string of the molecule is CC1CCN(c2ccc(Nc3ccc(CNC(=O)NC(C)(C)C)cc3)cc2)CC1. The number of anilines is 3. The number of carbonyl (C=O) groups is 1. The van der Waals surface area contributed by atoms with Crippen molar-refractivity contribution in [2.45, 2.75) is 52.6 Å². The average Bonchev–Trinajstić information content (AvgIpc) is 2.67. The van der Waals surface area contributed by atoms with Crippen LogP contribution in [-0.2, 0) is 6.54 Å². The highest BCUT2D eigenvalue weighted by atomic mass is 16.2. The molecule has 1 fully saturated rings. The van der Waals surface area contributed by atoms with Crippen molar-refractivity contribution < 1.29 is 4.79 Å². The number of urea groups is 1. The van der Waals surface area contributed by atoms with Crippen LogP contribution in [0.15, 0.2) is 48.5 Å². The summed E-state index contributed by atoms with van der Waals surface area (Å²) in [6.07, 6.45) is 2.55. The van der Waals surface area contributed by atoms with Gasteiger partial charge in [0.05, 0.1) is 0 Å². The Bertz CT molecular complexity index is 785. The Kier molecular flexibility index (Phi) is 6.68. The molecule has 1 saturated heterocycles. The van der Waals surface area contributed by atoms with Gasteiger partial charge in [0.15, 0.2) is 0 Å². The Morgan fingerprint density at radius 2 is 1.52 bits per heavy atom. The lowest BCUT2D eigenvalue weighted by Crippen LogP contribution is -2.46. The zero-order valence-corrected chi connectivity index (χ0v) is 18.1. The summed E-state index contributed by atoms with van der Waals surface area (Å²) in [7, 11) is 0. The minimum absolute atomic E-state index is 0.150. The van der Waals surface area contributed by atoms with Gasteiger partial charge in [0.2, 0.25) is 0 Å².